The quantitative estimate of drug-likeness (QED) is 0.777. The van der Waals surface area contributed by atoms with E-state index in [0.29, 0.717) is 11.8 Å². The Morgan fingerprint density at radius 3 is 2.75 bits per heavy atom. The van der Waals surface area contributed by atoms with E-state index >= 15 is 0 Å². The second kappa shape index (κ2) is 5.22. The molecule has 1 aliphatic rings. The van der Waals surface area contributed by atoms with Crippen LogP contribution in [0.2, 0.25) is 0 Å². The monoisotopic (exact) mass is 283 g/mol. The molecule has 0 aromatic carbocycles. The minimum absolute atomic E-state index is 0.0319. The van der Waals surface area contributed by atoms with E-state index < -0.39 is 23.9 Å². The van der Waals surface area contributed by atoms with Crippen molar-refractivity contribution in [1.82, 2.24) is 14.7 Å². The number of aromatic nitrogens is 2. The Bertz CT molecular complexity index is 509. The number of aldehydes is 1. The van der Waals surface area contributed by atoms with E-state index in [9.17, 15) is 14.0 Å². The molecule has 0 radical (unpaired) electrons. The van der Waals surface area contributed by atoms with Crippen molar-refractivity contribution >= 4 is 12.4 Å². The molecule has 1 aliphatic heterocycles. The highest BCUT2D eigenvalue weighted by atomic mass is 19.1. The first-order valence-corrected chi connectivity index (χ1v) is 6.41. The van der Waals surface area contributed by atoms with Crippen molar-refractivity contribution in [3.05, 3.63) is 18.0 Å². The van der Waals surface area contributed by atoms with E-state index in [1.807, 2.05) is 0 Å². The summed E-state index contributed by atoms with van der Waals surface area (Å²) < 4.78 is 20.6. The van der Waals surface area contributed by atoms with E-state index in [1.54, 1.807) is 20.8 Å². The Kier molecular flexibility index (Phi) is 3.78. The average molecular weight is 283 g/mol. The van der Waals surface area contributed by atoms with Gasteiger partial charge in [0.15, 0.2) is 6.29 Å². The predicted molar refractivity (Wildman–Crippen MR) is 69.4 cm³/mol. The van der Waals surface area contributed by atoms with Crippen LogP contribution in [0.25, 0.3) is 0 Å². The van der Waals surface area contributed by atoms with Crippen molar-refractivity contribution in [3.8, 4) is 0 Å². The Balaban J connectivity index is 2.05. The summed E-state index contributed by atoms with van der Waals surface area (Å²) in [6, 6.07) is -0.587. The molecule has 7 heteroatoms. The van der Waals surface area contributed by atoms with Gasteiger partial charge in [-0.2, -0.15) is 5.10 Å². The van der Waals surface area contributed by atoms with Crippen LogP contribution in [0.4, 0.5) is 9.18 Å². The molecule has 0 aliphatic carbocycles. The molecule has 0 saturated carbocycles. The van der Waals surface area contributed by atoms with Crippen LogP contribution in [-0.2, 0) is 4.74 Å². The van der Waals surface area contributed by atoms with Crippen LogP contribution in [0, 0.1) is 0 Å². The summed E-state index contributed by atoms with van der Waals surface area (Å²) in [7, 11) is 0. The lowest BCUT2D eigenvalue weighted by molar-refractivity contribution is 0.0281. The van der Waals surface area contributed by atoms with Crippen molar-refractivity contribution in [2.24, 2.45) is 0 Å². The zero-order valence-electron chi connectivity index (χ0n) is 11.7. The topological polar surface area (TPSA) is 64.4 Å². The molecule has 1 amide bonds. The molecule has 1 saturated heterocycles. The molecule has 0 N–H and O–H groups in total. The molecule has 1 fully saturated rings. The maximum Gasteiger partial charge on any atom is 0.410 e. The maximum absolute atomic E-state index is 14.0. The third-order valence-corrected chi connectivity index (χ3v) is 2.97. The van der Waals surface area contributed by atoms with Gasteiger partial charge in [-0.3, -0.25) is 9.48 Å². The second-order valence-electron chi connectivity index (χ2n) is 5.84. The molecule has 2 rings (SSSR count). The lowest BCUT2D eigenvalue weighted by atomic mass is 10.2. The number of rotatable bonds is 2. The number of hydrogen-bond donors (Lipinski definition) is 0. The van der Waals surface area contributed by atoms with E-state index in [2.05, 4.69) is 5.10 Å². The van der Waals surface area contributed by atoms with Gasteiger partial charge in [0.2, 0.25) is 0 Å². The maximum atomic E-state index is 14.0. The second-order valence-corrected chi connectivity index (χ2v) is 5.84. The average Bonchev–Trinajstić information content (AvgIpc) is 2.92. The van der Waals surface area contributed by atoms with Crippen LogP contribution in [0.5, 0.6) is 0 Å². The van der Waals surface area contributed by atoms with Gasteiger partial charge in [0.05, 0.1) is 18.3 Å². The molecule has 6 nitrogen and oxygen atoms in total. The van der Waals surface area contributed by atoms with Crippen LogP contribution in [0.1, 0.15) is 37.2 Å². The molecule has 0 spiro atoms. The van der Waals surface area contributed by atoms with Crippen LogP contribution >= 0.6 is 0 Å². The summed E-state index contributed by atoms with van der Waals surface area (Å²) in [6.45, 7) is 5.42. The van der Waals surface area contributed by atoms with Crippen molar-refractivity contribution in [2.45, 2.75) is 38.6 Å². The van der Waals surface area contributed by atoms with Crippen LogP contribution < -0.4 is 0 Å². The van der Waals surface area contributed by atoms with Gasteiger partial charge in [0, 0.05) is 12.7 Å². The zero-order valence-corrected chi connectivity index (χ0v) is 11.7. The highest BCUT2D eigenvalue weighted by Gasteiger charge is 2.38. The first-order valence-electron chi connectivity index (χ1n) is 6.41. The predicted octanol–water partition coefficient (Wildman–Crippen LogP) is 1.83. The fourth-order valence-electron chi connectivity index (χ4n) is 2.07. The van der Waals surface area contributed by atoms with Crippen molar-refractivity contribution in [2.75, 3.05) is 13.1 Å². The molecule has 110 valence electrons. The highest BCUT2D eigenvalue weighted by Crippen LogP contribution is 2.26. The van der Waals surface area contributed by atoms with Gasteiger partial charge in [-0.05, 0) is 20.8 Å². The number of hydrogen-bond acceptors (Lipinski definition) is 4. The van der Waals surface area contributed by atoms with E-state index in [0.717, 1.165) is 0 Å². The summed E-state index contributed by atoms with van der Waals surface area (Å²) in [5.74, 6) is 0. The first-order chi connectivity index (χ1) is 9.30. The summed E-state index contributed by atoms with van der Waals surface area (Å²) in [4.78, 5) is 23.8. The number of nitrogens with zero attached hydrogens (tertiary/aromatic N) is 3. The fraction of sp³-hybridized carbons (Fsp3) is 0.615. The highest BCUT2D eigenvalue weighted by molar-refractivity contribution is 5.73. The Hall–Kier alpha value is -1.92. The van der Waals surface area contributed by atoms with E-state index in [-0.39, 0.29) is 13.1 Å². The number of amides is 1. The molecule has 2 heterocycles. The normalized spacial score (nSPS) is 22.9. The lowest BCUT2D eigenvalue weighted by Crippen LogP contribution is -2.35. The molecule has 2 atom stereocenters. The van der Waals surface area contributed by atoms with E-state index in [4.69, 9.17) is 4.74 Å². The van der Waals surface area contributed by atoms with E-state index in [1.165, 1.54) is 22.0 Å². The largest absolute Gasteiger partial charge is 0.444 e. The van der Waals surface area contributed by atoms with Gasteiger partial charge in [-0.25, -0.2) is 9.18 Å². The molecule has 0 unspecified atom stereocenters. The van der Waals surface area contributed by atoms with Crippen LogP contribution in [-0.4, -0.2) is 51.9 Å². The molecule has 1 aromatic heterocycles. The molecular formula is C13H18FN3O3. The summed E-state index contributed by atoms with van der Waals surface area (Å²) >= 11 is 0. The van der Waals surface area contributed by atoms with Crippen molar-refractivity contribution < 1.29 is 18.7 Å². The molecular weight excluding hydrogens is 265 g/mol. The SMILES string of the molecule is CC(C)(C)OC(=O)N1C[C@H](F)[C@@H](n2cc(C=O)cn2)C1. The lowest BCUT2D eigenvalue weighted by Gasteiger charge is -2.24. The standard InChI is InChI=1S/C13H18FN3O3/c1-13(2,3)20-12(19)16-6-10(14)11(7-16)17-5-9(8-18)4-15-17/h4-5,8,10-11H,6-7H2,1-3H3/t10-,11-/m0/s1. The third kappa shape index (κ3) is 3.15. The third-order valence-electron chi connectivity index (χ3n) is 2.97. The van der Waals surface area contributed by atoms with Gasteiger partial charge in [-0.1, -0.05) is 0 Å². The summed E-state index contributed by atoms with van der Waals surface area (Å²) in [5.41, 5.74) is -0.231. The van der Waals surface area contributed by atoms with Crippen molar-refractivity contribution in [1.29, 1.82) is 0 Å². The minimum Gasteiger partial charge on any atom is -0.444 e. The van der Waals surface area contributed by atoms with Gasteiger partial charge >= 0.3 is 6.09 Å². The molecule has 20 heavy (non-hydrogen) atoms. The van der Waals surface area contributed by atoms with Gasteiger partial charge in [0.25, 0.3) is 0 Å². The van der Waals surface area contributed by atoms with Gasteiger partial charge < -0.3 is 9.64 Å². The number of carbonyl (C=O) groups excluding carboxylic acids is 2. The molecule has 1 aromatic rings. The number of carbonyl (C=O) groups is 2. The number of likely N-dealkylation sites (tertiary alicyclic amines) is 1. The Morgan fingerprint density at radius 2 is 2.20 bits per heavy atom. The zero-order chi connectivity index (χ0) is 14.9. The summed E-state index contributed by atoms with van der Waals surface area (Å²) in [6.07, 6.45) is 1.73. The van der Waals surface area contributed by atoms with Crippen LogP contribution in [0.15, 0.2) is 12.4 Å². The van der Waals surface area contributed by atoms with Crippen LogP contribution in [0.3, 0.4) is 0 Å². The number of alkyl halides is 1. The Labute approximate surface area is 116 Å². The Morgan fingerprint density at radius 1 is 1.50 bits per heavy atom. The van der Waals surface area contributed by atoms with Crippen molar-refractivity contribution in [3.63, 3.8) is 0 Å². The first kappa shape index (κ1) is 14.5. The number of halogens is 1. The minimum atomic E-state index is -1.23. The van der Waals surface area contributed by atoms with Gasteiger partial charge in [-0.15, -0.1) is 0 Å². The smallest absolute Gasteiger partial charge is 0.410 e. The number of ether oxygens (including phenoxy) is 1. The fourth-order valence-corrected chi connectivity index (χ4v) is 2.07. The summed E-state index contributed by atoms with van der Waals surface area (Å²) in [5, 5.41) is 3.95. The molecule has 0 bridgehead atoms. The van der Waals surface area contributed by atoms with Gasteiger partial charge in [0.1, 0.15) is 17.8 Å².